The Hall–Kier alpha value is -2.59. The van der Waals surface area contributed by atoms with E-state index in [9.17, 15) is 10.0 Å². The standard InChI is InChI=1S/C21H21ClNO3/c1-4-26-20(24)12-18-13(2)11-19-17(10-5-14(3)23(19)25)21(18)15-6-8-16(22)9-7-15/h5-11,25H,4,12H2,1-3H3/q+1. The van der Waals surface area contributed by atoms with Crippen LogP contribution in [-0.2, 0) is 16.0 Å². The maximum absolute atomic E-state index is 12.2. The van der Waals surface area contributed by atoms with Gasteiger partial charge < -0.3 is 4.74 Å². The van der Waals surface area contributed by atoms with E-state index in [-0.39, 0.29) is 12.4 Å². The molecule has 1 heterocycles. The molecular weight excluding hydrogens is 350 g/mol. The molecule has 2 aromatic carbocycles. The van der Waals surface area contributed by atoms with Crippen LogP contribution in [0.3, 0.4) is 0 Å². The zero-order chi connectivity index (χ0) is 18.8. The van der Waals surface area contributed by atoms with Gasteiger partial charge in [-0.05, 0) is 54.3 Å². The molecule has 3 rings (SSSR count). The minimum Gasteiger partial charge on any atom is -0.466 e. The molecule has 4 nitrogen and oxygen atoms in total. The molecule has 0 aliphatic carbocycles. The lowest BCUT2D eigenvalue weighted by Crippen LogP contribution is -2.34. The van der Waals surface area contributed by atoms with Crippen LogP contribution in [0, 0.1) is 13.8 Å². The molecule has 0 aliphatic heterocycles. The lowest BCUT2D eigenvalue weighted by atomic mass is 9.90. The summed E-state index contributed by atoms with van der Waals surface area (Å²) in [7, 11) is 0. The molecule has 0 saturated carbocycles. The van der Waals surface area contributed by atoms with Gasteiger partial charge in [-0.1, -0.05) is 23.7 Å². The van der Waals surface area contributed by atoms with Gasteiger partial charge in [0.15, 0.2) is 0 Å². The van der Waals surface area contributed by atoms with Crippen LogP contribution >= 0.6 is 11.6 Å². The van der Waals surface area contributed by atoms with Crippen molar-refractivity contribution < 1.29 is 19.5 Å². The number of hydrogen-bond donors (Lipinski definition) is 1. The zero-order valence-electron chi connectivity index (χ0n) is 15.0. The van der Waals surface area contributed by atoms with Gasteiger partial charge in [0.05, 0.1) is 18.4 Å². The Morgan fingerprint density at radius 1 is 1.15 bits per heavy atom. The molecule has 0 fully saturated rings. The fraction of sp³-hybridized carbons (Fsp3) is 0.238. The molecule has 0 amide bonds. The monoisotopic (exact) mass is 370 g/mol. The van der Waals surface area contributed by atoms with Crippen molar-refractivity contribution in [2.45, 2.75) is 27.2 Å². The number of esters is 1. The molecule has 134 valence electrons. The number of aromatic nitrogens is 1. The fourth-order valence-corrected chi connectivity index (χ4v) is 3.32. The first-order chi connectivity index (χ1) is 12.4. The van der Waals surface area contributed by atoms with Crippen LogP contribution in [0.25, 0.3) is 22.0 Å². The lowest BCUT2D eigenvalue weighted by molar-refractivity contribution is -0.888. The largest absolute Gasteiger partial charge is 0.466 e. The Morgan fingerprint density at radius 2 is 1.85 bits per heavy atom. The van der Waals surface area contributed by atoms with Gasteiger partial charge in [-0.3, -0.25) is 10.0 Å². The van der Waals surface area contributed by atoms with Crippen molar-refractivity contribution in [1.29, 1.82) is 0 Å². The number of rotatable bonds is 4. The summed E-state index contributed by atoms with van der Waals surface area (Å²) < 4.78 is 6.33. The van der Waals surface area contributed by atoms with Gasteiger partial charge in [0.1, 0.15) is 0 Å². The normalized spacial score (nSPS) is 10.9. The molecular formula is C21H21ClNO3+. The van der Waals surface area contributed by atoms with Gasteiger partial charge in [-0.2, -0.15) is 0 Å². The molecule has 0 radical (unpaired) electrons. The summed E-state index contributed by atoms with van der Waals surface area (Å²) in [6, 6.07) is 13.2. The third-order valence-corrected chi connectivity index (χ3v) is 4.74. The predicted octanol–water partition coefficient (Wildman–Crippen LogP) is 4.41. The van der Waals surface area contributed by atoms with Gasteiger partial charge in [0.2, 0.25) is 5.69 Å². The van der Waals surface area contributed by atoms with E-state index in [4.69, 9.17) is 16.3 Å². The first-order valence-electron chi connectivity index (χ1n) is 8.51. The average molecular weight is 371 g/mol. The number of carbonyl (C=O) groups excluding carboxylic acids is 1. The highest BCUT2D eigenvalue weighted by atomic mass is 35.5. The number of halogens is 1. The highest BCUT2D eigenvalue weighted by molar-refractivity contribution is 6.30. The quantitative estimate of drug-likeness (QED) is 0.420. The Kier molecular flexibility index (Phi) is 5.14. The van der Waals surface area contributed by atoms with Crippen molar-refractivity contribution in [3.05, 3.63) is 64.3 Å². The number of pyridine rings is 1. The van der Waals surface area contributed by atoms with Crippen molar-refractivity contribution in [3.8, 4) is 11.1 Å². The number of nitrogens with zero attached hydrogens (tertiary/aromatic N) is 1. The van der Waals surface area contributed by atoms with Crippen molar-refractivity contribution in [2.75, 3.05) is 6.61 Å². The summed E-state index contributed by atoms with van der Waals surface area (Å²) in [5.41, 5.74) is 5.09. The highest BCUT2D eigenvalue weighted by Crippen LogP contribution is 2.34. The van der Waals surface area contributed by atoms with Crippen LogP contribution in [0.4, 0.5) is 0 Å². The molecule has 1 aromatic heterocycles. The second-order valence-electron chi connectivity index (χ2n) is 6.26. The van der Waals surface area contributed by atoms with Crippen LogP contribution in [-0.4, -0.2) is 17.8 Å². The maximum atomic E-state index is 12.2. The summed E-state index contributed by atoms with van der Waals surface area (Å²) >= 11 is 6.04. The van der Waals surface area contributed by atoms with Crippen molar-refractivity contribution in [1.82, 2.24) is 0 Å². The van der Waals surface area contributed by atoms with E-state index < -0.39 is 0 Å². The van der Waals surface area contributed by atoms with E-state index in [0.717, 1.165) is 33.3 Å². The number of carbonyl (C=O) groups is 1. The van der Waals surface area contributed by atoms with Gasteiger partial charge >= 0.3 is 5.97 Å². The van der Waals surface area contributed by atoms with Crippen LogP contribution < -0.4 is 4.73 Å². The van der Waals surface area contributed by atoms with E-state index in [2.05, 4.69) is 0 Å². The molecule has 5 heteroatoms. The number of benzene rings is 2. The average Bonchev–Trinajstić information content (AvgIpc) is 2.61. The Morgan fingerprint density at radius 3 is 2.50 bits per heavy atom. The number of fused-ring (bicyclic) bond motifs is 1. The molecule has 0 spiro atoms. The number of ether oxygens (including phenoxy) is 1. The minimum absolute atomic E-state index is 0.173. The molecule has 1 N–H and O–H groups in total. The number of aryl methyl sites for hydroxylation is 2. The highest BCUT2D eigenvalue weighted by Gasteiger charge is 2.22. The summed E-state index contributed by atoms with van der Waals surface area (Å²) in [6.07, 6.45) is 0.173. The summed E-state index contributed by atoms with van der Waals surface area (Å²) in [6.45, 7) is 5.92. The Balaban J connectivity index is 2.32. The zero-order valence-corrected chi connectivity index (χ0v) is 15.8. The SMILES string of the molecule is CCOC(=O)Cc1c(C)cc2c(ccc(C)[n+]2O)c1-c1ccc(Cl)cc1. The molecule has 0 atom stereocenters. The first kappa shape index (κ1) is 18.2. The van der Waals surface area contributed by atoms with Gasteiger partial charge in [-0.15, -0.1) is 0 Å². The molecule has 0 bridgehead atoms. The molecule has 0 saturated heterocycles. The van der Waals surface area contributed by atoms with Crippen molar-refractivity contribution in [2.24, 2.45) is 0 Å². The molecule has 0 unspecified atom stereocenters. The fourth-order valence-electron chi connectivity index (χ4n) is 3.20. The second-order valence-corrected chi connectivity index (χ2v) is 6.69. The van der Waals surface area contributed by atoms with E-state index in [0.29, 0.717) is 17.1 Å². The maximum Gasteiger partial charge on any atom is 0.310 e. The van der Waals surface area contributed by atoms with Crippen LogP contribution in [0.5, 0.6) is 0 Å². The first-order valence-corrected chi connectivity index (χ1v) is 8.88. The second kappa shape index (κ2) is 7.34. The van der Waals surface area contributed by atoms with E-state index >= 15 is 0 Å². The van der Waals surface area contributed by atoms with Crippen LogP contribution in [0.1, 0.15) is 23.7 Å². The number of hydrogen-bond acceptors (Lipinski definition) is 3. The lowest BCUT2D eigenvalue weighted by Gasteiger charge is -2.15. The van der Waals surface area contributed by atoms with E-state index in [1.54, 1.807) is 6.92 Å². The molecule has 0 aliphatic rings. The third kappa shape index (κ3) is 3.37. The van der Waals surface area contributed by atoms with Crippen LogP contribution in [0.15, 0.2) is 42.5 Å². The van der Waals surface area contributed by atoms with Crippen molar-refractivity contribution >= 4 is 28.5 Å². The van der Waals surface area contributed by atoms with E-state index in [1.807, 2.05) is 56.3 Å². The summed E-state index contributed by atoms with van der Waals surface area (Å²) in [4.78, 5) is 12.2. The molecule has 26 heavy (non-hydrogen) atoms. The third-order valence-electron chi connectivity index (χ3n) is 4.49. The Labute approximate surface area is 157 Å². The van der Waals surface area contributed by atoms with Gasteiger partial charge in [0, 0.05) is 28.8 Å². The predicted molar refractivity (Wildman–Crippen MR) is 102 cm³/mol. The molecule has 3 aromatic rings. The minimum atomic E-state index is -0.269. The van der Waals surface area contributed by atoms with Crippen molar-refractivity contribution in [3.63, 3.8) is 0 Å². The summed E-state index contributed by atoms with van der Waals surface area (Å²) in [5.74, 6) is -0.269. The summed E-state index contributed by atoms with van der Waals surface area (Å²) in [5, 5.41) is 12.0. The van der Waals surface area contributed by atoms with Gasteiger partial charge in [-0.25, -0.2) is 0 Å². The van der Waals surface area contributed by atoms with E-state index in [1.165, 1.54) is 4.73 Å². The Bertz CT molecular complexity index is 981. The smallest absolute Gasteiger partial charge is 0.310 e. The topological polar surface area (TPSA) is 50.4 Å². The van der Waals surface area contributed by atoms with Crippen LogP contribution in [0.2, 0.25) is 5.02 Å². The van der Waals surface area contributed by atoms with Gasteiger partial charge in [0.25, 0.3) is 5.52 Å².